The Morgan fingerprint density at radius 2 is 1.92 bits per heavy atom. The number of esters is 1. The molecule has 0 saturated carbocycles. The van der Waals surface area contributed by atoms with E-state index in [0.717, 1.165) is 17.2 Å². The largest absolute Gasteiger partial charge is 0.462 e. The third-order valence-corrected chi connectivity index (χ3v) is 3.83. The summed E-state index contributed by atoms with van der Waals surface area (Å²) in [4.78, 5) is 14.2. The number of carbonyl (C=O) groups excluding carboxylic acids is 1. The van der Waals surface area contributed by atoms with Gasteiger partial charge in [0.15, 0.2) is 0 Å². The van der Waals surface area contributed by atoms with Crippen LogP contribution >= 0.6 is 23.8 Å². The van der Waals surface area contributed by atoms with Crippen LogP contribution in [0.2, 0.25) is 5.02 Å². The van der Waals surface area contributed by atoms with E-state index in [2.05, 4.69) is 4.98 Å². The van der Waals surface area contributed by atoms with Crippen molar-refractivity contribution in [2.24, 2.45) is 0 Å². The van der Waals surface area contributed by atoms with Crippen molar-refractivity contribution in [2.75, 3.05) is 6.61 Å². The lowest BCUT2D eigenvalue weighted by molar-refractivity contribution is 0.0525. The van der Waals surface area contributed by atoms with E-state index < -0.39 is 17.6 Å². The fourth-order valence-corrected chi connectivity index (χ4v) is 2.48. The van der Waals surface area contributed by atoms with Gasteiger partial charge in [0, 0.05) is 22.7 Å². The Bertz CT molecular complexity index is 945. The number of carbonyl (C=O) groups is 1. The number of ether oxygens (including phenoxy) is 1. The van der Waals surface area contributed by atoms with Gasteiger partial charge in [-0.15, -0.1) is 0 Å². The SMILES string of the molecule is CCOC(=O)c1c[nH]c2c(F)cc(F)cc2c1=S.Clc1ccccc1. The number of aromatic nitrogens is 1. The molecule has 1 heterocycles. The minimum atomic E-state index is -0.758. The van der Waals surface area contributed by atoms with Crippen LogP contribution in [0.3, 0.4) is 0 Å². The minimum Gasteiger partial charge on any atom is -0.462 e. The number of hydrogen-bond acceptors (Lipinski definition) is 3. The maximum absolute atomic E-state index is 13.5. The minimum absolute atomic E-state index is 0.0643. The molecule has 0 aliphatic rings. The number of aromatic amines is 1. The number of rotatable bonds is 2. The van der Waals surface area contributed by atoms with Crippen molar-refractivity contribution >= 4 is 40.7 Å². The Labute approximate surface area is 153 Å². The van der Waals surface area contributed by atoms with Crippen LogP contribution in [0.25, 0.3) is 10.9 Å². The van der Waals surface area contributed by atoms with Crippen molar-refractivity contribution < 1.29 is 18.3 Å². The zero-order chi connectivity index (χ0) is 18.4. The van der Waals surface area contributed by atoms with Gasteiger partial charge in [-0.2, -0.15) is 0 Å². The number of pyridine rings is 1. The molecule has 7 heteroatoms. The summed E-state index contributed by atoms with van der Waals surface area (Å²) in [6, 6.07) is 11.3. The fraction of sp³-hybridized carbons (Fsp3) is 0.111. The molecular weight excluding hydrogens is 368 g/mol. The van der Waals surface area contributed by atoms with Crippen LogP contribution < -0.4 is 0 Å². The predicted molar refractivity (Wildman–Crippen MR) is 96.5 cm³/mol. The van der Waals surface area contributed by atoms with Crippen LogP contribution in [-0.4, -0.2) is 17.6 Å². The highest BCUT2D eigenvalue weighted by atomic mass is 35.5. The third kappa shape index (κ3) is 4.84. The van der Waals surface area contributed by atoms with Gasteiger partial charge in [-0.3, -0.25) is 0 Å². The number of nitrogens with one attached hydrogen (secondary N) is 1. The summed E-state index contributed by atoms with van der Waals surface area (Å²) in [5.74, 6) is -2.13. The second-order valence-electron chi connectivity index (χ2n) is 4.86. The number of benzene rings is 2. The maximum Gasteiger partial charge on any atom is 0.341 e. The quantitative estimate of drug-likeness (QED) is 0.458. The van der Waals surface area contributed by atoms with E-state index in [1.54, 1.807) is 6.92 Å². The van der Waals surface area contributed by atoms with Gasteiger partial charge in [-0.05, 0) is 25.1 Å². The summed E-state index contributed by atoms with van der Waals surface area (Å²) >= 11 is 10.6. The summed E-state index contributed by atoms with van der Waals surface area (Å²) in [5, 5.41) is 0.940. The molecule has 0 amide bonds. The van der Waals surface area contributed by atoms with Crippen molar-refractivity contribution in [3.63, 3.8) is 0 Å². The zero-order valence-electron chi connectivity index (χ0n) is 13.2. The van der Waals surface area contributed by atoms with E-state index in [9.17, 15) is 13.6 Å². The van der Waals surface area contributed by atoms with Crippen LogP contribution in [-0.2, 0) is 4.74 Å². The smallest absolute Gasteiger partial charge is 0.341 e. The molecule has 0 unspecified atom stereocenters. The number of hydrogen-bond donors (Lipinski definition) is 1. The summed E-state index contributed by atoms with van der Waals surface area (Å²) in [5.41, 5.74) is 0.152. The van der Waals surface area contributed by atoms with Crippen LogP contribution in [0.4, 0.5) is 8.78 Å². The molecule has 0 radical (unpaired) electrons. The van der Waals surface area contributed by atoms with Crippen molar-refractivity contribution in [1.29, 1.82) is 0 Å². The Hall–Kier alpha value is -2.31. The molecule has 3 rings (SSSR count). The molecule has 0 atom stereocenters. The molecule has 0 fully saturated rings. The molecule has 25 heavy (non-hydrogen) atoms. The Morgan fingerprint density at radius 1 is 1.24 bits per heavy atom. The van der Waals surface area contributed by atoms with E-state index in [1.165, 1.54) is 6.20 Å². The van der Waals surface area contributed by atoms with Crippen LogP contribution in [0, 0.1) is 16.1 Å². The van der Waals surface area contributed by atoms with E-state index in [1.807, 2.05) is 30.3 Å². The molecule has 130 valence electrons. The molecule has 0 spiro atoms. The highest BCUT2D eigenvalue weighted by molar-refractivity contribution is 7.71. The van der Waals surface area contributed by atoms with Gasteiger partial charge in [-0.1, -0.05) is 42.0 Å². The standard InChI is InChI=1S/C12H9F2NO2S.C6H5Cl/c1-2-17-12(16)8-5-15-10-7(11(8)18)3-6(13)4-9(10)14;7-6-4-2-1-3-5-6/h3-5H,2H2,1H3,(H,15,18);1-5H. The average molecular weight is 382 g/mol. The molecule has 1 N–H and O–H groups in total. The lowest BCUT2D eigenvalue weighted by Gasteiger charge is -2.05. The van der Waals surface area contributed by atoms with Crippen molar-refractivity contribution in [1.82, 2.24) is 4.98 Å². The van der Waals surface area contributed by atoms with E-state index in [-0.39, 0.29) is 27.6 Å². The Morgan fingerprint density at radius 3 is 2.48 bits per heavy atom. The lowest BCUT2D eigenvalue weighted by atomic mass is 10.1. The molecule has 0 aliphatic heterocycles. The van der Waals surface area contributed by atoms with Crippen LogP contribution in [0.5, 0.6) is 0 Å². The highest BCUT2D eigenvalue weighted by Gasteiger charge is 2.13. The van der Waals surface area contributed by atoms with Gasteiger partial charge in [-0.25, -0.2) is 13.6 Å². The normalized spacial score (nSPS) is 10.1. The van der Waals surface area contributed by atoms with Gasteiger partial charge in [0.05, 0.1) is 22.2 Å². The first-order valence-electron chi connectivity index (χ1n) is 7.32. The molecule has 3 aromatic rings. The predicted octanol–water partition coefficient (Wildman–Crippen LogP) is 5.69. The highest BCUT2D eigenvalue weighted by Crippen LogP contribution is 2.21. The Kier molecular flexibility index (Phi) is 6.61. The first-order chi connectivity index (χ1) is 11.9. The van der Waals surface area contributed by atoms with Gasteiger partial charge in [0.1, 0.15) is 11.6 Å². The van der Waals surface area contributed by atoms with E-state index in [4.69, 9.17) is 28.6 Å². The number of H-pyrrole nitrogens is 1. The molecule has 0 aliphatic carbocycles. The molecule has 3 nitrogen and oxygen atoms in total. The fourth-order valence-electron chi connectivity index (χ4n) is 2.03. The topological polar surface area (TPSA) is 42.1 Å². The van der Waals surface area contributed by atoms with Gasteiger partial charge in [0.25, 0.3) is 0 Å². The monoisotopic (exact) mass is 381 g/mol. The van der Waals surface area contributed by atoms with Gasteiger partial charge in [0.2, 0.25) is 0 Å². The van der Waals surface area contributed by atoms with E-state index >= 15 is 0 Å². The summed E-state index contributed by atoms with van der Waals surface area (Å²) in [7, 11) is 0. The van der Waals surface area contributed by atoms with Crippen molar-refractivity contribution in [3.05, 3.63) is 75.4 Å². The van der Waals surface area contributed by atoms with Crippen LogP contribution in [0.15, 0.2) is 48.7 Å². The zero-order valence-corrected chi connectivity index (χ0v) is 14.8. The van der Waals surface area contributed by atoms with Gasteiger partial charge >= 0.3 is 5.97 Å². The Balaban J connectivity index is 0.000000269. The summed E-state index contributed by atoms with van der Waals surface area (Å²) < 4.78 is 31.5. The number of halogens is 3. The molecular formula is C18H14ClF2NO2S. The molecule has 0 bridgehead atoms. The third-order valence-electron chi connectivity index (χ3n) is 3.13. The van der Waals surface area contributed by atoms with E-state index in [0.29, 0.717) is 0 Å². The summed E-state index contributed by atoms with van der Waals surface area (Å²) in [6.45, 7) is 1.86. The number of fused-ring (bicyclic) bond motifs is 1. The maximum atomic E-state index is 13.5. The average Bonchev–Trinajstić information content (AvgIpc) is 2.57. The second-order valence-corrected chi connectivity index (χ2v) is 5.70. The first kappa shape index (κ1) is 19.0. The van der Waals surface area contributed by atoms with Crippen LogP contribution in [0.1, 0.15) is 17.3 Å². The van der Waals surface area contributed by atoms with Gasteiger partial charge < -0.3 is 9.72 Å². The first-order valence-corrected chi connectivity index (χ1v) is 8.10. The summed E-state index contributed by atoms with van der Waals surface area (Å²) in [6.07, 6.45) is 1.27. The second kappa shape index (κ2) is 8.69. The molecule has 2 aromatic carbocycles. The molecule has 0 saturated heterocycles. The van der Waals surface area contributed by atoms with Crippen molar-refractivity contribution in [3.8, 4) is 0 Å². The van der Waals surface area contributed by atoms with Crippen molar-refractivity contribution in [2.45, 2.75) is 6.92 Å². The lowest BCUT2D eigenvalue weighted by Crippen LogP contribution is -2.06. The molecule has 1 aromatic heterocycles.